The highest BCUT2D eigenvalue weighted by Crippen LogP contribution is 2.26. The molecule has 5 heteroatoms. The summed E-state index contributed by atoms with van der Waals surface area (Å²) in [7, 11) is 3.13. The van der Waals surface area contributed by atoms with Crippen LogP contribution in [0.25, 0.3) is 6.08 Å². The maximum atomic E-state index is 12.2. The molecular weight excluding hydrogens is 318 g/mol. The van der Waals surface area contributed by atoms with Crippen LogP contribution >= 0.6 is 0 Å². The quantitative estimate of drug-likeness (QED) is 0.733. The summed E-state index contributed by atoms with van der Waals surface area (Å²) in [5.41, 5.74) is 1.45. The summed E-state index contributed by atoms with van der Waals surface area (Å²) in [4.78, 5) is 12.2. The van der Waals surface area contributed by atoms with Gasteiger partial charge in [0, 0.05) is 35.5 Å². The van der Waals surface area contributed by atoms with Crippen LogP contribution in [-0.4, -0.2) is 26.7 Å². The number of amides is 1. The first-order chi connectivity index (χ1) is 12.2. The summed E-state index contributed by atoms with van der Waals surface area (Å²) in [5, 5.41) is 2.80. The third kappa shape index (κ3) is 5.57. The monoisotopic (exact) mass is 341 g/mol. The molecule has 2 rings (SSSR count). The predicted molar refractivity (Wildman–Crippen MR) is 99.4 cm³/mol. The molecule has 25 heavy (non-hydrogen) atoms. The fraction of sp³-hybridized carbons (Fsp3) is 0.250. The van der Waals surface area contributed by atoms with Crippen molar-refractivity contribution >= 4 is 17.7 Å². The second kappa shape index (κ2) is 9.37. The summed E-state index contributed by atoms with van der Waals surface area (Å²) >= 11 is 0. The van der Waals surface area contributed by atoms with E-state index in [9.17, 15) is 4.79 Å². The van der Waals surface area contributed by atoms with Gasteiger partial charge in [-0.05, 0) is 18.6 Å². The van der Waals surface area contributed by atoms with E-state index in [1.54, 1.807) is 38.5 Å². The van der Waals surface area contributed by atoms with E-state index in [0.717, 1.165) is 17.7 Å². The third-order valence-electron chi connectivity index (χ3n) is 3.41. The lowest BCUT2D eigenvalue weighted by Crippen LogP contribution is -2.08. The molecule has 0 fully saturated rings. The Labute approximate surface area is 148 Å². The molecule has 0 aliphatic heterocycles. The van der Waals surface area contributed by atoms with Crippen LogP contribution < -0.4 is 19.5 Å². The second-order valence-corrected chi connectivity index (χ2v) is 5.31. The molecule has 0 bridgehead atoms. The molecule has 0 saturated heterocycles. The van der Waals surface area contributed by atoms with Crippen LogP contribution in [0, 0.1) is 0 Å². The normalized spacial score (nSPS) is 10.5. The molecule has 0 aliphatic rings. The van der Waals surface area contributed by atoms with Gasteiger partial charge in [0.25, 0.3) is 0 Å². The van der Waals surface area contributed by atoms with Gasteiger partial charge in [0.05, 0.1) is 20.8 Å². The molecule has 132 valence electrons. The standard InChI is InChI=1S/C20H23NO4/c1-4-11-25-19-8-6-5-7-15(19)9-10-20(22)21-16-12-17(23-2)14-18(13-16)24-3/h5-10,12-14H,4,11H2,1-3H3,(H,21,22)/b10-9+. The molecule has 1 amide bonds. The Balaban J connectivity index is 2.09. The maximum absolute atomic E-state index is 12.2. The van der Waals surface area contributed by atoms with Crippen molar-refractivity contribution in [3.63, 3.8) is 0 Å². The number of hydrogen-bond acceptors (Lipinski definition) is 4. The fourth-order valence-electron chi connectivity index (χ4n) is 2.19. The highest BCUT2D eigenvalue weighted by molar-refractivity contribution is 6.02. The molecular formula is C20H23NO4. The van der Waals surface area contributed by atoms with E-state index in [4.69, 9.17) is 14.2 Å². The van der Waals surface area contributed by atoms with Crippen LogP contribution in [0.2, 0.25) is 0 Å². The largest absolute Gasteiger partial charge is 0.497 e. The van der Waals surface area contributed by atoms with Gasteiger partial charge in [0.15, 0.2) is 0 Å². The lowest BCUT2D eigenvalue weighted by atomic mass is 10.2. The SMILES string of the molecule is CCCOc1ccccc1/C=C/C(=O)Nc1cc(OC)cc(OC)c1. The van der Waals surface area contributed by atoms with Gasteiger partial charge in [0.1, 0.15) is 17.2 Å². The van der Waals surface area contributed by atoms with Crippen molar-refractivity contribution in [1.29, 1.82) is 0 Å². The average molecular weight is 341 g/mol. The van der Waals surface area contributed by atoms with Crippen LogP contribution in [0.4, 0.5) is 5.69 Å². The molecule has 2 aromatic carbocycles. The van der Waals surface area contributed by atoms with Crippen molar-refractivity contribution in [2.24, 2.45) is 0 Å². The van der Waals surface area contributed by atoms with Crippen LogP contribution in [0.15, 0.2) is 48.5 Å². The first-order valence-corrected chi connectivity index (χ1v) is 8.10. The van der Waals surface area contributed by atoms with E-state index in [2.05, 4.69) is 5.32 Å². The molecule has 0 saturated carbocycles. The summed E-state index contributed by atoms with van der Waals surface area (Å²) in [6.45, 7) is 2.69. The smallest absolute Gasteiger partial charge is 0.248 e. The van der Waals surface area contributed by atoms with E-state index in [-0.39, 0.29) is 5.91 Å². The number of anilines is 1. The number of hydrogen-bond donors (Lipinski definition) is 1. The van der Waals surface area contributed by atoms with E-state index in [0.29, 0.717) is 23.8 Å². The fourth-order valence-corrected chi connectivity index (χ4v) is 2.19. The summed E-state index contributed by atoms with van der Waals surface area (Å²) < 4.78 is 16.1. The van der Waals surface area contributed by atoms with Gasteiger partial charge in [0.2, 0.25) is 5.91 Å². The van der Waals surface area contributed by atoms with Gasteiger partial charge in [-0.2, -0.15) is 0 Å². The Hall–Kier alpha value is -2.95. The first-order valence-electron chi connectivity index (χ1n) is 8.10. The van der Waals surface area contributed by atoms with Gasteiger partial charge in [-0.15, -0.1) is 0 Å². The van der Waals surface area contributed by atoms with Gasteiger partial charge in [-0.3, -0.25) is 4.79 Å². The number of methoxy groups -OCH3 is 2. The third-order valence-corrected chi connectivity index (χ3v) is 3.41. The molecule has 0 atom stereocenters. The van der Waals surface area contributed by atoms with Gasteiger partial charge in [-0.25, -0.2) is 0 Å². The van der Waals surface area contributed by atoms with Gasteiger partial charge in [-0.1, -0.05) is 25.1 Å². The Morgan fingerprint density at radius 1 is 1.08 bits per heavy atom. The Bertz CT molecular complexity index is 718. The summed E-state index contributed by atoms with van der Waals surface area (Å²) in [5.74, 6) is 1.73. The highest BCUT2D eigenvalue weighted by Gasteiger charge is 2.05. The van der Waals surface area contributed by atoms with Gasteiger partial charge < -0.3 is 19.5 Å². The lowest BCUT2D eigenvalue weighted by molar-refractivity contribution is -0.111. The van der Waals surface area contributed by atoms with Crippen molar-refractivity contribution in [3.8, 4) is 17.2 Å². The molecule has 0 heterocycles. The maximum Gasteiger partial charge on any atom is 0.248 e. The van der Waals surface area contributed by atoms with Crippen molar-refractivity contribution < 1.29 is 19.0 Å². The molecule has 0 aliphatic carbocycles. The number of para-hydroxylation sites is 1. The van der Waals surface area contributed by atoms with Crippen molar-refractivity contribution in [2.75, 3.05) is 26.1 Å². The topological polar surface area (TPSA) is 56.8 Å². The Morgan fingerprint density at radius 3 is 2.40 bits per heavy atom. The lowest BCUT2D eigenvalue weighted by Gasteiger charge is -2.09. The number of benzene rings is 2. The van der Waals surface area contributed by atoms with Crippen LogP contribution in [0.3, 0.4) is 0 Å². The van der Waals surface area contributed by atoms with Crippen LogP contribution in [0.1, 0.15) is 18.9 Å². The molecule has 5 nitrogen and oxygen atoms in total. The van der Waals surface area contributed by atoms with Crippen molar-refractivity contribution in [1.82, 2.24) is 0 Å². The molecule has 0 unspecified atom stereocenters. The molecule has 2 aromatic rings. The number of carbonyl (C=O) groups is 1. The second-order valence-electron chi connectivity index (χ2n) is 5.31. The Kier molecular flexibility index (Phi) is 6.89. The van der Waals surface area contributed by atoms with Crippen LogP contribution in [-0.2, 0) is 4.79 Å². The van der Waals surface area contributed by atoms with E-state index >= 15 is 0 Å². The van der Waals surface area contributed by atoms with E-state index in [1.807, 2.05) is 31.2 Å². The zero-order chi connectivity index (χ0) is 18.1. The average Bonchev–Trinajstić information content (AvgIpc) is 2.64. The van der Waals surface area contributed by atoms with Crippen molar-refractivity contribution in [2.45, 2.75) is 13.3 Å². The highest BCUT2D eigenvalue weighted by atomic mass is 16.5. The van der Waals surface area contributed by atoms with E-state index < -0.39 is 0 Å². The molecule has 1 N–H and O–H groups in total. The number of ether oxygens (including phenoxy) is 3. The summed E-state index contributed by atoms with van der Waals surface area (Å²) in [6.07, 6.45) is 4.13. The zero-order valence-corrected chi connectivity index (χ0v) is 14.7. The number of carbonyl (C=O) groups excluding carboxylic acids is 1. The first kappa shape index (κ1) is 18.4. The zero-order valence-electron chi connectivity index (χ0n) is 14.7. The molecule has 0 radical (unpaired) electrons. The summed E-state index contributed by atoms with van der Waals surface area (Å²) in [6, 6.07) is 12.8. The number of nitrogens with one attached hydrogen (secondary N) is 1. The van der Waals surface area contributed by atoms with Gasteiger partial charge >= 0.3 is 0 Å². The molecule has 0 aromatic heterocycles. The minimum absolute atomic E-state index is 0.249. The molecule has 0 spiro atoms. The minimum Gasteiger partial charge on any atom is -0.497 e. The number of rotatable bonds is 8. The van der Waals surface area contributed by atoms with Crippen molar-refractivity contribution in [3.05, 3.63) is 54.1 Å². The van der Waals surface area contributed by atoms with E-state index in [1.165, 1.54) is 6.08 Å². The van der Waals surface area contributed by atoms with Crippen LogP contribution in [0.5, 0.6) is 17.2 Å². The minimum atomic E-state index is -0.249. The Morgan fingerprint density at radius 2 is 1.76 bits per heavy atom. The predicted octanol–water partition coefficient (Wildman–Crippen LogP) is 4.14.